The van der Waals surface area contributed by atoms with E-state index in [9.17, 15) is 4.79 Å². The Balaban J connectivity index is 1.50. The molecule has 4 aromatic rings. The lowest BCUT2D eigenvalue weighted by Gasteiger charge is -2.09. The maximum absolute atomic E-state index is 12.5. The zero-order chi connectivity index (χ0) is 20.4. The van der Waals surface area contributed by atoms with E-state index in [1.54, 1.807) is 7.11 Å². The van der Waals surface area contributed by atoms with Gasteiger partial charge in [0.15, 0.2) is 0 Å². The maximum Gasteiger partial charge on any atom is 0.228 e. The highest BCUT2D eigenvalue weighted by Gasteiger charge is 2.09. The second-order valence-corrected chi connectivity index (χ2v) is 7.21. The predicted octanol–water partition coefficient (Wildman–Crippen LogP) is 4.81. The normalized spacial score (nSPS) is 10.9. The summed E-state index contributed by atoms with van der Waals surface area (Å²) in [4.78, 5) is 17.2. The highest BCUT2D eigenvalue weighted by Crippen LogP contribution is 2.23. The topological polar surface area (TPSA) is 55.6 Å². The number of hydrogen-bond donors (Lipinski definition) is 1. The van der Waals surface area contributed by atoms with Gasteiger partial charge in [0.05, 0.1) is 19.2 Å². The van der Waals surface area contributed by atoms with Crippen molar-refractivity contribution in [1.29, 1.82) is 0 Å². The molecule has 0 spiro atoms. The van der Waals surface area contributed by atoms with Crippen LogP contribution in [0.15, 0.2) is 67.0 Å². The maximum atomic E-state index is 12.5. The summed E-state index contributed by atoms with van der Waals surface area (Å²) >= 11 is 0. The largest absolute Gasteiger partial charge is 0.496 e. The lowest BCUT2D eigenvalue weighted by Crippen LogP contribution is -2.14. The van der Waals surface area contributed by atoms with Gasteiger partial charge in [-0.2, -0.15) is 0 Å². The van der Waals surface area contributed by atoms with Gasteiger partial charge in [0.1, 0.15) is 11.4 Å². The van der Waals surface area contributed by atoms with E-state index in [2.05, 4.69) is 18.3 Å². The number of pyridine rings is 1. The van der Waals surface area contributed by atoms with Crippen molar-refractivity contribution < 1.29 is 9.53 Å². The average molecular weight is 385 g/mol. The first kappa shape index (κ1) is 18.7. The summed E-state index contributed by atoms with van der Waals surface area (Å²) < 4.78 is 7.28. The number of hydrogen-bond acceptors (Lipinski definition) is 3. The first-order chi connectivity index (χ1) is 14.0. The molecule has 0 radical (unpaired) electrons. The fourth-order valence-corrected chi connectivity index (χ4v) is 3.42. The third-order valence-electron chi connectivity index (χ3n) is 4.88. The molecule has 29 heavy (non-hydrogen) atoms. The first-order valence-corrected chi connectivity index (χ1v) is 9.51. The number of carbonyl (C=O) groups excluding carboxylic acids is 1. The van der Waals surface area contributed by atoms with Crippen LogP contribution in [0, 0.1) is 13.8 Å². The fourth-order valence-electron chi connectivity index (χ4n) is 3.42. The number of aryl methyl sites for hydroxylation is 2. The van der Waals surface area contributed by atoms with E-state index in [1.807, 2.05) is 72.2 Å². The van der Waals surface area contributed by atoms with E-state index in [4.69, 9.17) is 9.72 Å². The van der Waals surface area contributed by atoms with Crippen LogP contribution in [0.1, 0.15) is 16.7 Å². The molecule has 1 amide bonds. The summed E-state index contributed by atoms with van der Waals surface area (Å²) in [7, 11) is 1.64. The zero-order valence-corrected chi connectivity index (χ0v) is 16.8. The lowest BCUT2D eigenvalue weighted by molar-refractivity contribution is -0.115. The van der Waals surface area contributed by atoms with E-state index in [1.165, 1.54) is 5.56 Å². The molecule has 2 heterocycles. The molecule has 0 saturated carbocycles. The Morgan fingerprint density at radius 3 is 2.76 bits per heavy atom. The first-order valence-electron chi connectivity index (χ1n) is 9.51. The Hall–Kier alpha value is -3.60. The van der Waals surface area contributed by atoms with Gasteiger partial charge in [-0.25, -0.2) is 4.98 Å². The highest BCUT2D eigenvalue weighted by molar-refractivity contribution is 5.93. The van der Waals surface area contributed by atoms with Gasteiger partial charge in [-0.3, -0.25) is 4.79 Å². The predicted molar refractivity (Wildman–Crippen MR) is 115 cm³/mol. The third kappa shape index (κ3) is 4.14. The SMILES string of the molecule is COc1ccc(CC(=O)Nc2cccc(-c3cn4ccc(C)cc4n3)c2)cc1C. The molecule has 0 aliphatic rings. The molecule has 0 fully saturated rings. The molecule has 2 aromatic carbocycles. The van der Waals surface area contributed by atoms with Gasteiger partial charge in [-0.15, -0.1) is 0 Å². The number of benzene rings is 2. The molecule has 1 N–H and O–H groups in total. The van der Waals surface area contributed by atoms with Crippen LogP contribution >= 0.6 is 0 Å². The van der Waals surface area contributed by atoms with Gasteiger partial charge in [0.25, 0.3) is 0 Å². The number of ether oxygens (including phenoxy) is 1. The Kier molecular flexibility index (Phi) is 5.04. The van der Waals surface area contributed by atoms with Crippen LogP contribution in [0.5, 0.6) is 5.75 Å². The molecule has 146 valence electrons. The molecule has 4 rings (SSSR count). The Morgan fingerprint density at radius 1 is 1.10 bits per heavy atom. The highest BCUT2D eigenvalue weighted by atomic mass is 16.5. The Labute approximate surface area is 170 Å². The van der Waals surface area contributed by atoms with Crippen molar-refractivity contribution in [3.63, 3.8) is 0 Å². The molecular weight excluding hydrogens is 362 g/mol. The minimum Gasteiger partial charge on any atom is -0.496 e. The number of imidazole rings is 1. The molecule has 0 bridgehead atoms. The van der Waals surface area contributed by atoms with E-state index in [0.717, 1.165) is 39.5 Å². The summed E-state index contributed by atoms with van der Waals surface area (Å²) in [6.45, 7) is 4.02. The minimum atomic E-state index is -0.0580. The summed E-state index contributed by atoms with van der Waals surface area (Å²) in [6.07, 6.45) is 4.31. The second kappa shape index (κ2) is 7.80. The summed E-state index contributed by atoms with van der Waals surface area (Å²) in [6, 6.07) is 17.7. The van der Waals surface area contributed by atoms with Crippen molar-refractivity contribution in [3.05, 3.63) is 83.7 Å². The number of methoxy groups -OCH3 is 1. The second-order valence-electron chi connectivity index (χ2n) is 7.21. The van der Waals surface area contributed by atoms with Crippen LogP contribution < -0.4 is 10.1 Å². The average Bonchev–Trinajstić information content (AvgIpc) is 3.11. The molecule has 0 atom stereocenters. The van der Waals surface area contributed by atoms with E-state index in [0.29, 0.717) is 6.42 Å². The summed E-state index contributed by atoms with van der Waals surface area (Å²) in [5.74, 6) is 0.766. The van der Waals surface area contributed by atoms with Crippen molar-refractivity contribution in [2.75, 3.05) is 12.4 Å². The van der Waals surface area contributed by atoms with Crippen LogP contribution in [-0.2, 0) is 11.2 Å². The number of anilines is 1. The van der Waals surface area contributed by atoms with E-state index < -0.39 is 0 Å². The van der Waals surface area contributed by atoms with E-state index in [-0.39, 0.29) is 5.91 Å². The molecule has 5 nitrogen and oxygen atoms in total. The van der Waals surface area contributed by atoms with Crippen molar-refractivity contribution in [3.8, 4) is 17.0 Å². The number of nitrogens with zero attached hydrogens (tertiary/aromatic N) is 2. The van der Waals surface area contributed by atoms with Gasteiger partial charge in [0, 0.05) is 23.6 Å². The number of aromatic nitrogens is 2. The van der Waals surface area contributed by atoms with Gasteiger partial charge in [-0.1, -0.05) is 24.3 Å². The quantitative estimate of drug-likeness (QED) is 0.536. The van der Waals surface area contributed by atoms with Crippen molar-refractivity contribution in [1.82, 2.24) is 9.38 Å². The summed E-state index contributed by atoms with van der Waals surface area (Å²) in [5.41, 5.74) is 6.64. The number of rotatable bonds is 5. The van der Waals surface area contributed by atoms with Gasteiger partial charge in [0.2, 0.25) is 5.91 Å². The fraction of sp³-hybridized carbons (Fsp3) is 0.167. The molecule has 0 aliphatic heterocycles. The van der Waals surface area contributed by atoms with Crippen LogP contribution in [-0.4, -0.2) is 22.4 Å². The molecule has 2 aromatic heterocycles. The van der Waals surface area contributed by atoms with Crippen molar-refractivity contribution in [2.45, 2.75) is 20.3 Å². The van der Waals surface area contributed by atoms with Crippen LogP contribution in [0.3, 0.4) is 0 Å². The van der Waals surface area contributed by atoms with Crippen molar-refractivity contribution >= 4 is 17.2 Å². The smallest absolute Gasteiger partial charge is 0.228 e. The zero-order valence-electron chi connectivity index (χ0n) is 16.8. The molecule has 0 unspecified atom stereocenters. The van der Waals surface area contributed by atoms with Crippen molar-refractivity contribution in [2.24, 2.45) is 0 Å². The number of carbonyl (C=O) groups is 1. The number of nitrogens with one attached hydrogen (secondary N) is 1. The van der Waals surface area contributed by atoms with Crippen LogP contribution in [0.2, 0.25) is 0 Å². The standard InChI is InChI=1S/C24H23N3O2/c1-16-9-10-27-15-21(26-23(27)11-16)19-5-4-6-20(14-19)25-24(28)13-18-7-8-22(29-3)17(2)12-18/h4-12,14-15H,13H2,1-3H3,(H,25,28). The molecule has 0 saturated heterocycles. The van der Waals surface area contributed by atoms with Crippen LogP contribution in [0.4, 0.5) is 5.69 Å². The Bertz CT molecular complexity index is 1190. The Morgan fingerprint density at radius 2 is 1.97 bits per heavy atom. The molecule has 0 aliphatic carbocycles. The number of amides is 1. The number of fused-ring (bicyclic) bond motifs is 1. The van der Waals surface area contributed by atoms with Crippen LogP contribution in [0.25, 0.3) is 16.9 Å². The minimum absolute atomic E-state index is 0.0580. The lowest BCUT2D eigenvalue weighted by atomic mass is 10.1. The summed E-state index contributed by atoms with van der Waals surface area (Å²) in [5, 5.41) is 2.99. The molecule has 5 heteroatoms. The third-order valence-corrected chi connectivity index (χ3v) is 4.88. The van der Waals surface area contributed by atoms with Gasteiger partial charge >= 0.3 is 0 Å². The monoisotopic (exact) mass is 385 g/mol. The van der Waals surface area contributed by atoms with Gasteiger partial charge < -0.3 is 14.5 Å². The van der Waals surface area contributed by atoms with Gasteiger partial charge in [-0.05, 0) is 60.9 Å². The van der Waals surface area contributed by atoms with E-state index >= 15 is 0 Å². The molecular formula is C24H23N3O2.